The molecule has 1 aliphatic heterocycles. The van der Waals surface area contributed by atoms with Crippen LogP contribution in [0, 0.1) is 13.8 Å². The SMILES string of the molecule is CCCCCOc1ccc(C2c3c(-c4c(C)cc(C)cc4O)n[nH]c3C(=O)N2CCc2ccc(OC)cc2)cc1. The highest BCUT2D eigenvalue weighted by Crippen LogP contribution is 2.45. The van der Waals surface area contributed by atoms with Gasteiger partial charge >= 0.3 is 0 Å². The minimum absolute atomic E-state index is 0.101. The number of fused-ring (bicyclic) bond motifs is 1. The molecule has 1 unspecified atom stereocenters. The molecule has 0 bridgehead atoms. The molecule has 0 saturated heterocycles. The van der Waals surface area contributed by atoms with E-state index in [1.165, 1.54) is 0 Å². The molecule has 7 nitrogen and oxygen atoms in total. The number of unbranched alkanes of at least 4 members (excludes halogenated alkanes) is 2. The first kappa shape index (κ1) is 27.3. The topological polar surface area (TPSA) is 87.7 Å². The summed E-state index contributed by atoms with van der Waals surface area (Å²) in [6.07, 6.45) is 4.00. The van der Waals surface area contributed by atoms with Gasteiger partial charge in [-0.05, 0) is 79.3 Å². The summed E-state index contributed by atoms with van der Waals surface area (Å²) in [4.78, 5) is 15.7. The third-order valence-electron chi connectivity index (χ3n) is 7.57. The zero-order valence-electron chi connectivity index (χ0n) is 23.7. The summed E-state index contributed by atoms with van der Waals surface area (Å²) in [7, 11) is 1.65. The predicted molar refractivity (Wildman–Crippen MR) is 156 cm³/mol. The molecule has 3 aromatic carbocycles. The van der Waals surface area contributed by atoms with Crippen molar-refractivity contribution in [3.63, 3.8) is 0 Å². The van der Waals surface area contributed by atoms with E-state index in [0.717, 1.165) is 58.6 Å². The smallest absolute Gasteiger partial charge is 0.273 e. The first-order valence-corrected chi connectivity index (χ1v) is 14.0. The number of carbonyl (C=O) groups excluding carboxylic acids is 1. The standard InChI is InChI=1S/C33H37N3O4/c1-5-6-7-18-40-26-14-10-24(11-15-26)32-29-30(28-22(3)19-21(2)20-27(28)37)34-35-31(29)33(38)36(32)17-16-23-8-12-25(39-4)13-9-23/h8-15,19-20,32,37H,5-7,16-18H2,1-4H3,(H,34,35). The van der Waals surface area contributed by atoms with Gasteiger partial charge in [-0.2, -0.15) is 5.10 Å². The number of aromatic hydroxyl groups is 1. The molecule has 0 fully saturated rings. The number of hydrogen-bond donors (Lipinski definition) is 2. The summed E-state index contributed by atoms with van der Waals surface area (Å²) < 4.78 is 11.2. The fourth-order valence-electron chi connectivity index (χ4n) is 5.55. The summed E-state index contributed by atoms with van der Waals surface area (Å²) >= 11 is 0. The van der Waals surface area contributed by atoms with Crippen molar-refractivity contribution in [1.29, 1.82) is 0 Å². The van der Waals surface area contributed by atoms with Gasteiger partial charge in [-0.15, -0.1) is 0 Å². The van der Waals surface area contributed by atoms with Gasteiger partial charge in [-0.3, -0.25) is 9.89 Å². The van der Waals surface area contributed by atoms with Crippen molar-refractivity contribution in [1.82, 2.24) is 15.1 Å². The molecule has 1 aromatic heterocycles. The highest BCUT2D eigenvalue weighted by molar-refractivity contribution is 6.00. The van der Waals surface area contributed by atoms with Crippen LogP contribution in [0.2, 0.25) is 0 Å². The van der Waals surface area contributed by atoms with Crippen LogP contribution in [0.4, 0.5) is 0 Å². The highest BCUT2D eigenvalue weighted by atomic mass is 16.5. The maximum absolute atomic E-state index is 13.8. The highest BCUT2D eigenvalue weighted by Gasteiger charge is 2.42. The van der Waals surface area contributed by atoms with Crippen molar-refractivity contribution >= 4 is 5.91 Å². The average molecular weight is 540 g/mol. The van der Waals surface area contributed by atoms with Gasteiger partial charge < -0.3 is 19.5 Å². The first-order valence-electron chi connectivity index (χ1n) is 14.0. The Kier molecular flexibility index (Phi) is 8.10. The number of rotatable bonds is 11. The molecular weight excluding hydrogens is 502 g/mol. The molecule has 0 spiro atoms. The van der Waals surface area contributed by atoms with E-state index in [9.17, 15) is 9.90 Å². The maximum Gasteiger partial charge on any atom is 0.273 e. The van der Waals surface area contributed by atoms with E-state index in [1.54, 1.807) is 13.2 Å². The third-order valence-corrected chi connectivity index (χ3v) is 7.57. The first-order chi connectivity index (χ1) is 19.4. The van der Waals surface area contributed by atoms with Crippen LogP contribution >= 0.6 is 0 Å². The van der Waals surface area contributed by atoms with Gasteiger partial charge in [-0.25, -0.2) is 0 Å². The minimum Gasteiger partial charge on any atom is -0.507 e. The van der Waals surface area contributed by atoms with Crippen LogP contribution in [0.1, 0.15) is 70.5 Å². The predicted octanol–water partition coefficient (Wildman–Crippen LogP) is 6.76. The van der Waals surface area contributed by atoms with E-state index < -0.39 is 0 Å². The number of aromatic amines is 1. The average Bonchev–Trinajstić information content (AvgIpc) is 3.48. The molecule has 2 N–H and O–H groups in total. The van der Waals surface area contributed by atoms with Gasteiger partial charge in [0, 0.05) is 17.7 Å². The lowest BCUT2D eigenvalue weighted by Gasteiger charge is -2.27. The molecule has 208 valence electrons. The lowest BCUT2D eigenvalue weighted by molar-refractivity contribution is 0.0746. The number of benzene rings is 3. The van der Waals surface area contributed by atoms with E-state index in [4.69, 9.17) is 9.47 Å². The number of aryl methyl sites for hydroxylation is 2. The molecule has 0 aliphatic carbocycles. The summed E-state index contributed by atoms with van der Waals surface area (Å²) in [6, 6.07) is 19.3. The van der Waals surface area contributed by atoms with Crippen molar-refractivity contribution in [3.05, 3.63) is 94.2 Å². The molecule has 1 atom stereocenters. The Morgan fingerprint density at radius 3 is 2.40 bits per heavy atom. The zero-order chi connectivity index (χ0) is 28.2. The summed E-state index contributed by atoms with van der Waals surface area (Å²) in [5, 5.41) is 18.5. The third kappa shape index (κ3) is 5.41. The van der Waals surface area contributed by atoms with Gasteiger partial charge in [0.1, 0.15) is 28.6 Å². The number of H-pyrrole nitrogens is 1. The summed E-state index contributed by atoms with van der Waals surface area (Å²) in [5.41, 5.74) is 6.47. The minimum atomic E-state index is -0.358. The van der Waals surface area contributed by atoms with Gasteiger partial charge in [0.05, 0.1) is 19.8 Å². The van der Waals surface area contributed by atoms with E-state index in [-0.39, 0.29) is 17.7 Å². The van der Waals surface area contributed by atoms with Gasteiger partial charge in [0.25, 0.3) is 5.91 Å². The molecule has 40 heavy (non-hydrogen) atoms. The van der Waals surface area contributed by atoms with Gasteiger partial charge in [0.2, 0.25) is 0 Å². The molecule has 0 radical (unpaired) electrons. The maximum atomic E-state index is 13.8. The number of nitrogens with one attached hydrogen (secondary N) is 1. The lowest BCUT2D eigenvalue weighted by Crippen LogP contribution is -2.31. The quantitative estimate of drug-likeness (QED) is 0.206. The second-order valence-electron chi connectivity index (χ2n) is 10.5. The van der Waals surface area contributed by atoms with Crippen molar-refractivity contribution in [3.8, 4) is 28.5 Å². The van der Waals surface area contributed by atoms with Crippen LogP contribution in [0.5, 0.6) is 17.2 Å². The number of carbonyl (C=O) groups is 1. The molecular formula is C33H37N3O4. The number of nitrogens with zero attached hydrogens (tertiary/aromatic N) is 2. The monoisotopic (exact) mass is 539 g/mol. The number of aromatic nitrogens is 2. The zero-order valence-corrected chi connectivity index (χ0v) is 23.7. The Balaban J connectivity index is 1.50. The van der Waals surface area contributed by atoms with Crippen LogP contribution in [0.15, 0.2) is 60.7 Å². The van der Waals surface area contributed by atoms with Crippen LogP contribution in [-0.2, 0) is 6.42 Å². The number of methoxy groups -OCH3 is 1. The fraction of sp³-hybridized carbons (Fsp3) is 0.333. The van der Waals surface area contributed by atoms with E-state index in [0.29, 0.717) is 36.5 Å². The van der Waals surface area contributed by atoms with Crippen molar-refractivity contribution in [2.24, 2.45) is 0 Å². The normalized spacial score (nSPS) is 14.4. The Bertz CT molecular complexity index is 1450. The molecule has 2 heterocycles. The Labute approximate surface area is 235 Å². The molecule has 1 amide bonds. The number of phenols is 1. The lowest BCUT2D eigenvalue weighted by atomic mass is 9.93. The molecule has 5 rings (SSSR count). The fourth-order valence-corrected chi connectivity index (χ4v) is 5.55. The van der Waals surface area contributed by atoms with Gasteiger partial charge in [-0.1, -0.05) is 50.1 Å². The molecule has 0 saturated carbocycles. The number of phenolic OH excluding ortho intramolecular Hbond substituents is 1. The van der Waals surface area contributed by atoms with E-state index in [1.807, 2.05) is 73.3 Å². The second kappa shape index (κ2) is 11.9. The molecule has 7 heteroatoms. The van der Waals surface area contributed by atoms with Crippen molar-refractivity contribution in [2.75, 3.05) is 20.3 Å². The number of amides is 1. The summed E-state index contributed by atoms with van der Waals surface area (Å²) in [5.74, 6) is 1.67. The van der Waals surface area contributed by atoms with Crippen molar-refractivity contribution in [2.45, 2.75) is 52.5 Å². The molecule has 4 aromatic rings. The second-order valence-corrected chi connectivity index (χ2v) is 10.5. The van der Waals surface area contributed by atoms with E-state index >= 15 is 0 Å². The van der Waals surface area contributed by atoms with Crippen LogP contribution in [-0.4, -0.2) is 46.4 Å². The van der Waals surface area contributed by atoms with Crippen LogP contribution in [0.25, 0.3) is 11.3 Å². The number of hydrogen-bond acceptors (Lipinski definition) is 5. The Morgan fingerprint density at radius 1 is 1.00 bits per heavy atom. The number of ether oxygens (including phenoxy) is 2. The van der Waals surface area contributed by atoms with E-state index in [2.05, 4.69) is 17.1 Å². The Morgan fingerprint density at radius 2 is 1.73 bits per heavy atom. The van der Waals surface area contributed by atoms with Crippen LogP contribution < -0.4 is 9.47 Å². The van der Waals surface area contributed by atoms with Crippen molar-refractivity contribution < 1.29 is 19.4 Å². The molecule has 1 aliphatic rings. The summed E-state index contributed by atoms with van der Waals surface area (Å²) in [6.45, 7) is 7.29. The van der Waals surface area contributed by atoms with Gasteiger partial charge in [0.15, 0.2) is 0 Å². The Hall–Kier alpha value is -4.26. The largest absolute Gasteiger partial charge is 0.507 e. The van der Waals surface area contributed by atoms with Crippen LogP contribution in [0.3, 0.4) is 0 Å².